The Balaban J connectivity index is 1.95. The smallest absolute Gasteiger partial charge is 0.304 e. The molecule has 20 heavy (non-hydrogen) atoms. The van der Waals surface area contributed by atoms with Crippen molar-refractivity contribution in [3.05, 3.63) is 56.3 Å². The molecular formula is C12H10FN3O3S. The minimum Gasteiger partial charge on any atom is -0.352 e. The van der Waals surface area contributed by atoms with Crippen LogP contribution < -0.4 is 5.32 Å². The first kappa shape index (κ1) is 14.1. The average molecular weight is 295 g/mol. The van der Waals surface area contributed by atoms with Crippen LogP contribution in [0.2, 0.25) is 0 Å². The Morgan fingerprint density at radius 3 is 2.90 bits per heavy atom. The van der Waals surface area contributed by atoms with Crippen LogP contribution in [0.15, 0.2) is 29.8 Å². The van der Waals surface area contributed by atoms with E-state index in [1.54, 1.807) is 6.20 Å². The van der Waals surface area contributed by atoms with Crippen molar-refractivity contribution in [2.45, 2.75) is 6.42 Å². The number of nitrogens with one attached hydrogen (secondary N) is 1. The van der Waals surface area contributed by atoms with Gasteiger partial charge in [0, 0.05) is 36.2 Å². The Hall–Kier alpha value is -2.35. The third-order valence-electron chi connectivity index (χ3n) is 2.51. The fourth-order valence-electron chi connectivity index (χ4n) is 1.56. The monoisotopic (exact) mass is 295 g/mol. The first-order valence-corrected chi connectivity index (χ1v) is 6.56. The molecule has 0 aliphatic carbocycles. The van der Waals surface area contributed by atoms with E-state index in [1.165, 1.54) is 17.4 Å². The van der Waals surface area contributed by atoms with Crippen molar-refractivity contribution >= 4 is 22.9 Å². The summed E-state index contributed by atoms with van der Waals surface area (Å²) in [5.74, 6) is -1.50. The Morgan fingerprint density at radius 2 is 2.30 bits per heavy atom. The summed E-state index contributed by atoms with van der Waals surface area (Å²) in [6, 6.07) is 3.06. The number of carbonyl (C=O) groups excluding carboxylic acids is 1. The summed E-state index contributed by atoms with van der Waals surface area (Å²) < 4.78 is 13.4. The molecule has 0 unspecified atom stereocenters. The SMILES string of the molecule is O=C(NCCc1nccs1)c1ccc([N+](=O)[O-])c(F)c1. The van der Waals surface area contributed by atoms with Crippen LogP contribution in [0, 0.1) is 15.9 Å². The van der Waals surface area contributed by atoms with Crippen LogP contribution in [-0.4, -0.2) is 22.4 Å². The molecule has 1 heterocycles. The highest BCUT2D eigenvalue weighted by Crippen LogP contribution is 2.17. The van der Waals surface area contributed by atoms with E-state index in [9.17, 15) is 19.3 Å². The molecule has 1 amide bonds. The molecule has 104 valence electrons. The van der Waals surface area contributed by atoms with Gasteiger partial charge in [-0.05, 0) is 12.1 Å². The molecule has 6 nitrogen and oxygen atoms in total. The second kappa shape index (κ2) is 6.20. The van der Waals surface area contributed by atoms with Crippen LogP contribution in [-0.2, 0) is 6.42 Å². The van der Waals surface area contributed by atoms with Crippen LogP contribution in [0.1, 0.15) is 15.4 Å². The number of amides is 1. The highest BCUT2D eigenvalue weighted by Gasteiger charge is 2.16. The summed E-state index contributed by atoms with van der Waals surface area (Å²) >= 11 is 1.48. The number of halogens is 1. The molecule has 0 atom stereocenters. The number of thiazole rings is 1. The molecule has 0 saturated heterocycles. The molecule has 0 aliphatic rings. The number of aromatic nitrogens is 1. The minimum atomic E-state index is -1.03. The van der Waals surface area contributed by atoms with Gasteiger partial charge in [-0.3, -0.25) is 14.9 Å². The lowest BCUT2D eigenvalue weighted by atomic mass is 10.2. The zero-order valence-corrected chi connectivity index (χ0v) is 11.0. The number of rotatable bonds is 5. The van der Waals surface area contributed by atoms with Crippen molar-refractivity contribution < 1.29 is 14.1 Å². The van der Waals surface area contributed by atoms with Gasteiger partial charge in [0.15, 0.2) is 0 Å². The van der Waals surface area contributed by atoms with Crippen LogP contribution in [0.5, 0.6) is 0 Å². The average Bonchev–Trinajstić information content (AvgIpc) is 2.91. The Labute approximate surface area is 117 Å². The summed E-state index contributed by atoms with van der Waals surface area (Å²) in [4.78, 5) is 25.4. The summed E-state index contributed by atoms with van der Waals surface area (Å²) in [6.07, 6.45) is 2.26. The quantitative estimate of drug-likeness (QED) is 0.676. The number of benzene rings is 1. The standard InChI is InChI=1S/C12H10FN3O3S/c13-9-7-8(1-2-10(9)16(18)19)12(17)15-4-3-11-14-5-6-20-11/h1-2,5-7H,3-4H2,(H,15,17). The lowest BCUT2D eigenvalue weighted by molar-refractivity contribution is -0.387. The zero-order valence-electron chi connectivity index (χ0n) is 10.2. The molecule has 0 radical (unpaired) electrons. The molecule has 2 aromatic rings. The lowest BCUT2D eigenvalue weighted by Crippen LogP contribution is -2.25. The van der Waals surface area contributed by atoms with Crippen molar-refractivity contribution in [3.8, 4) is 0 Å². The van der Waals surface area contributed by atoms with E-state index in [-0.39, 0.29) is 5.56 Å². The highest BCUT2D eigenvalue weighted by molar-refractivity contribution is 7.09. The summed E-state index contributed by atoms with van der Waals surface area (Å²) in [7, 11) is 0. The lowest BCUT2D eigenvalue weighted by Gasteiger charge is -2.04. The maximum absolute atomic E-state index is 13.4. The van der Waals surface area contributed by atoms with E-state index in [2.05, 4.69) is 10.3 Å². The number of hydrogen-bond donors (Lipinski definition) is 1. The van der Waals surface area contributed by atoms with E-state index in [0.29, 0.717) is 13.0 Å². The van der Waals surface area contributed by atoms with Crippen molar-refractivity contribution in [2.75, 3.05) is 6.54 Å². The maximum atomic E-state index is 13.4. The van der Waals surface area contributed by atoms with Gasteiger partial charge < -0.3 is 5.32 Å². The second-order valence-corrected chi connectivity index (χ2v) is 4.83. The van der Waals surface area contributed by atoms with Crippen LogP contribution >= 0.6 is 11.3 Å². The molecule has 0 fully saturated rings. The Morgan fingerprint density at radius 1 is 1.50 bits per heavy atom. The predicted octanol–water partition coefficient (Wildman–Crippen LogP) is 2.16. The van der Waals surface area contributed by atoms with Gasteiger partial charge in [0.05, 0.1) is 9.93 Å². The van der Waals surface area contributed by atoms with Gasteiger partial charge in [-0.25, -0.2) is 4.98 Å². The molecule has 1 aromatic heterocycles. The third-order valence-corrected chi connectivity index (χ3v) is 3.35. The van der Waals surface area contributed by atoms with Gasteiger partial charge >= 0.3 is 5.69 Å². The van der Waals surface area contributed by atoms with Gasteiger partial charge in [0.25, 0.3) is 5.91 Å². The maximum Gasteiger partial charge on any atom is 0.304 e. The molecule has 0 aliphatic heterocycles. The predicted molar refractivity (Wildman–Crippen MR) is 71.2 cm³/mol. The summed E-state index contributed by atoms with van der Waals surface area (Å²) in [6.45, 7) is 0.366. The van der Waals surface area contributed by atoms with Gasteiger partial charge in [-0.15, -0.1) is 11.3 Å². The van der Waals surface area contributed by atoms with Gasteiger partial charge in [-0.2, -0.15) is 4.39 Å². The van der Waals surface area contributed by atoms with Crippen LogP contribution in [0.25, 0.3) is 0 Å². The van der Waals surface area contributed by atoms with Gasteiger partial charge in [0.2, 0.25) is 5.82 Å². The Kier molecular flexibility index (Phi) is 4.36. The number of nitrogens with zero attached hydrogens (tertiary/aromatic N) is 2. The van der Waals surface area contributed by atoms with Crippen LogP contribution in [0.4, 0.5) is 10.1 Å². The fraction of sp³-hybridized carbons (Fsp3) is 0.167. The number of nitro benzene ring substituents is 1. The van der Waals surface area contributed by atoms with Crippen molar-refractivity contribution in [2.24, 2.45) is 0 Å². The van der Waals surface area contributed by atoms with E-state index in [4.69, 9.17) is 0 Å². The minimum absolute atomic E-state index is 0.0484. The molecule has 1 aromatic carbocycles. The van der Waals surface area contributed by atoms with Gasteiger partial charge in [-0.1, -0.05) is 0 Å². The number of carbonyl (C=O) groups is 1. The van der Waals surface area contributed by atoms with Crippen molar-refractivity contribution in [1.29, 1.82) is 0 Å². The van der Waals surface area contributed by atoms with E-state index in [0.717, 1.165) is 17.1 Å². The molecule has 1 N–H and O–H groups in total. The van der Waals surface area contributed by atoms with Crippen molar-refractivity contribution in [1.82, 2.24) is 10.3 Å². The molecular weight excluding hydrogens is 285 g/mol. The van der Waals surface area contributed by atoms with E-state index < -0.39 is 22.3 Å². The van der Waals surface area contributed by atoms with E-state index in [1.807, 2.05) is 5.38 Å². The number of nitro groups is 1. The molecule has 0 spiro atoms. The van der Waals surface area contributed by atoms with Crippen LogP contribution in [0.3, 0.4) is 0 Å². The first-order valence-electron chi connectivity index (χ1n) is 5.68. The molecule has 0 saturated carbocycles. The normalized spacial score (nSPS) is 10.2. The zero-order chi connectivity index (χ0) is 14.5. The summed E-state index contributed by atoms with van der Waals surface area (Å²) in [5, 5.41) is 15.8. The van der Waals surface area contributed by atoms with Gasteiger partial charge in [0.1, 0.15) is 0 Å². The largest absolute Gasteiger partial charge is 0.352 e. The van der Waals surface area contributed by atoms with E-state index >= 15 is 0 Å². The van der Waals surface area contributed by atoms with Crippen molar-refractivity contribution in [3.63, 3.8) is 0 Å². The molecule has 8 heteroatoms. The fourth-order valence-corrected chi connectivity index (χ4v) is 2.18. The first-order chi connectivity index (χ1) is 9.58. The number of hydrogen-bond acceptors (Lipinski definition) is 5. The molecule has 0 bridgehead atoms. The Bertz CT molecular complexity index is 631. The summed E-state index contributed by atoms with van der Waals surface area (Å²) in [5.41, 5.74) is -0.600. The second-order valence-electron chi connectivity index (χ2n) is 3.86. The topological polar surface area (TPSA) is 85.1 Å². The highest BCUT2D eigenvalue weighted by atomic mass is 32.1. The molecule has 2 rings (SSSR count). The third kappa shape index (κ3) is 3.35.